The number of nitrogens with zero attached hydrogens (tertiary/aromatic N) is 1. The maximum Gasteiger partial charge on any atom is 0.198 e. The topological polar surface area (TPSA) is 57.6 Å². The quantitative estimate of drug-likeness (QED) is 0.832. The zero-order chi connectivity index (χ0) is 13.2. The van der Waals surface area contributed by atoms with Crippen molar-refractivity contribution >= 4 is 17.1 Å². The summed E-state index contributed by atoms with van der Waals surface area (Å²) in [5, 5.41) is 10.9. The lowest BCUT2D eigenvalue weighted by molar-refractivity contribution is 0.118. The van der Waals surface area contributed by atoms with Crippen LogP contribution in [0, 0.1) is 6.92 Å². The molecule has 1 aromatic carbocycles. The summed E-state index contributed by atoms with van der Waals surface area (Å²) in [7, 11) is 0. The van der Waals surface area contributed by atoms with E-state index in [4.69, 9.17) is 4.74 Å². The van der Waals surface area contributed by atoms with Crippen molar-refractivity contribution in [1.82, 2.24) is 4.98 Å². The first-order valence-corrected chi connectivity index (χ1v) is 6.67. The Kier molecular flexibility index (Phi) is 3.25. The number of benzene rings is 1. The summed E-state index contributed by atoms with van der Waals surface area (Å²) in [6, 6.07) is 6.05. The maximum atomic E-state index is 9.94. The molecule has 1 unspecified atom stereocenters. The van der Waals surface area contributed by atoms with Crippen LogP contribution in [0.5, 0.6) is 5.88 Å². The third-order valence-electron chi connectivity index (χ3n) is 3.53. The van der Waals surface area contributed by atoms with Crippen molar-refractivity contribution in [3.63, 3.8) is 0 Å². The first kappa shape index (κ1) is 12.2. The highest BCUT2D eigenvalue weighted by molar-refractivity contribution is 6.02. The van der Waals surface area contributed by atoms with Gasteiger partial charge in [0.1, 0.15) is 0 Å². The molecule has 4 nitrogen and oxygen atoms in total. The Labute approximate surface area is 112 Å². The maximum absolute atomic E-state index is 9.94. The van der Waals surface area contributed by atoms with Crippen molar-refractivity contribution in [2.45, 2.75) is 25.9 Å². The van der Waals surface area contributed by atoms with Crippen LogP contribution >= 0.6 is 0 Å². The largest absolute Gasteiger partial charge is 0.494 e. The molecule has 2 heterocycles. The van der Waals surface area contributed by atoms with E-state index in [-0.39, 0.29) is 12.0 Å². The third-order valence-corrected chi connectivity index (χ3v) is 3.53. The van der Waals surface area contributed by atoms with E-state index in [0.717, 1.165) is 35.9 Å². The second-order valence-corrected chi connectivity index (χ2v) is 5.07. The molecule has 3 rings (SSSR count). The molecule has 0 amide bonds. The molecule has 1 saturated heterocycles. The van der Waals surface area contributed by atoms with Crippen molar-refractivity contribution in [2.75, 3.05) is 13.2 Å². The molecular weight excluding hydrogens is 240 g/mol. The van der Waals surface area contributed by atoms with E-state index >= 15 is 0 Å². The zero-order valence-electron chi connectivity index (χ0n) is 11.0. The molecule has 2 aromatic rings. The van der Waals surface area contributed by atoms with Crippen molar-refractivity contribution in [2.24, 2.45) is 4.99 Å². The van der Waals surface area contributed by atoms with Gasteiger partial charge in [-0.1, -0.05) is 11.6 Å². The number of H-pyrrole nitrogens is 1. The minimum absolute atomic E-state index is 0.177. The number of aromatic amines is 1. The van der Waals surface area contributed by atoms with Crippen molar-refractivity contribution < 1.29 is 9.84 Å². The highest BCUT2D eigenvalue weighted by atomic mass is 16.5. The molecule has 100 valence electrons. The van der Waals surface area contributed by atoms with Crippen LogP contribution in [0.1, 0.15) is 24.0 Å². The molecule has 1 aromatic heterocycles. The van der Waals surface area contributed by atoms with Crippen LogP contribution in [0.15, 0.2) is 23.2 Å². The van der Waals surface area contributed by atoms with Crippen LogP contribution < -0.4 is 0 Å². The summed E-state index contributed by atoms with van der Waals surface area (Å²) in [4.78, 5) is 7.37. The molecular formula is C15H18N2O2. The monoisotopic (exact) mass is 258 g/mol. The predicted octanol–water partition coefficient (Wildman–Crippen LogP) is 2.78. The predicted molar refractivity (Wildman–Crippen MR) is 76.1 cm³/mol. The van der Waals surface area contributed by atoms with Gasteiger partial charge >= 0.3 is 0 Å². The Balaban J connectivity index is 1.84. The van der Waals surface area contributed by atoms with Gasteiger partial charge in [0, 0.05) is 23.7 Å². The van der Waals surface area contributed by atoms with Crippen molar-refractivity contribution in [1.29, 1.82) is 0 Å². The second-order valence-electron chi connectivity index (χ2n) is 5.07. The molecule has 19 heavy (non-hydrogen) atoms. The van der Waals surface area contributed by atoms with Gasteiger partial charge in [0.2, 0.25) is 0 Å². The highest BCUT2D eigenvalue weighted by Gasteiger charge is 2.14. The number of rotatable bonds is 3. The van der Waals surface area contributed by atoms with Crippen LogP contribution in [-0.2, 0) is 4.74 Å². The Morgan fingerprint density at radius 1 is 1.53 bits per heavy atom. The Hall–Kier alpha value is -1.81. The molecule has 0 bridgehead atoms. The number of fused-ring (bicyclic) bond motifs is 1. The zero-order valence-corrected chi connectivity index (χ0v) is 11.0. The van der Waals surface area contributed by atoms with Gasteiger partial charge in [-0.15, -0.1) is 0 Å². The lowest BCUT2D eigenvalue weighted by Crippen LogP contribution is -2.08. The van der Waals surface area contributed by atoms with Gasteiger partial charge in [-0.3, -0.25) is 4.99 Å². The number of hydrogen-bond donors (Lipinski definition) is 2. The lowest BCUT2D eigenvalue weighted by Gasteiger charge is -2.03. The number of hydrogen-bond acceptors (Lipinski definition) is 3. The molecule has 0 spiro atoms. The number of nitrogens with one attached hydrogen (secondary N) is 1. The first-order valence-electron chi connectivity index (χ1n) is 6.67. The third kappa shape index (κ3) is 2.49. The van der Waals surface area contributed by atoms with Gasteiger partial charge in [-0.25, -0.2) is 0 Å². The Bertz CT molecular complexity index is 610. The van der Waals surface area contributed by atoms with E-state index < -0.39 is 0 Å². The fourth-order valence-corrected chi connectivity index (χ4v) is 2.49. The van der Waals surface area contributed by atoms with Crippen LogP contribution in [0.4, 0.5) is 0 Å². The summed E-state index contributed by atoms with van der Waals surface area (Å²) in [6.45, 7) is 3.55. The molecule has 1 aliphatic rings. The van der Waals surface area contributed by atoms with Gasteiger partial charge in [0.05, 0.1) is 18.2 Å². The number of ether oxygens (including phenoxy) is 1. The molecule has 1 fully saturated rings. The Morgan fingerprint density at radius 2 is 2.42 bits per heavy atom. The summed E-state index contributed by atoms with van der Waals surface area (Å²) in [5.74, 6) is 0.177. The van der Waals surface area contributed by atoms with E-state index in [1.54, 1.807) is 6.21 Å². The number of aliphatic imine (C=N–C) groups is 1. The van der Waals surface area contributed by atoms with Crippen LogP contribution in [0.2, 0.25) is 0 Å². The fourth-order valence-electron chi connectivity index (χ4n) is 2.49. The SMILES string of the molecule is Cc1ccc2[nH]c(O)c(C=NCC3CCCO3)c2c1. The van der Waals surface area contributed by atoms with Crippen LogP contribution in [0.3, 0.4) is 0 Å². The number of aromatic hydroxyl groups is 1. The summed E-state index contributed by atoms with van der Waals surface area (Å²) in [5.41, 5.74) is 2.86. The number of aromatic nitrogens is 1. The van der Waals surface area contributed by atoms with Gasteiger partial charge in [0.25, 0.3) is 0 Å². The lowest BCUT2D eigenvalue weighted by atomic mass is 10.1. The van der Waals surface area contributed by atoms with E-state index in [2.05, 4.69) is 16.0 Å². The van der Waals surface area contributed by atoms with Gasteiger partial charge in [0.15, 0.2) is 5.88 Å². The van der Waals surface area contributed by atoms with E-state index in [1.165, 1.54) is 5.56 Å². The average molecular weight is 258 g/mol. The standard InChI is InChI=1S/C15H18N2O2/c1-10-4-5-14-12(7-10)13(15(18)17-14)9-16-8-11-3-2-6-19-11/h4-5,7,9,11,17-18H,2-3,6,8H2,1H3. The second kappa shape index (κ2) is 5.05. The normalized spacial score (nSPS) is 19.7. The van der Waals surface area contributed by atoms with Crippen LogP contribution in [-0.4, -0.2) is 35.6 Å². The smallest absolute Gasteiger partial charge is 0.198 e. The Morgan fingerprint density at radius 3 is 3.21 bits per heavy atom. The summed E-state index contributed by atoms with van der Waals surface area (Å²) < 4.78 is 5.53. The molecule has 1 aliphatic heterocycles. The molecule has 2 N–H and O–H groups in total. The van der Waals surface area contributed by atoms with Crippen molar-refractivity contribution in [3.05, 3.63) is 29.3 Å². The van der Waals surface area contributed by atoms with Gasteiger partial charge in [-0.2, -0.15) is 0 Å². The van der Waals surface area contributed by atoms with Gasteiger partial charge < -0.3 is 14.8 Å². The summed E-state index contributed by atoms with van der Waals surface area (Å²) >= 11 is 0. The minimum atomic E-state index is 0.177. The van der Waals surface area contributed by atoms with Crippen molar-refractivity contribution in [3.8, 4) is 5.88 Å². The first-order chi connectivity index (χ1) is 9.24. The molecule has 4 heteroatoms. The number of aryl methyl sites for hydroxylation is 1. The minimum Gasteiger partial charge on any atom is -0.494 e. The summed E-state index contributed by atoms with van der Waals surface area (Å²) in [6.07, 6.45) is 4.19. The van der Waals surface area contributed by atoms with Crippen LogP contribution in [0.25, 0.3) is 10.9 Å². The molecule has 1 atom stereocenters. The van der Waals surface area contributed by atoms with E-state index in [9.17, 15) is 5.11 Å². The fraction of sp³-hybridized carbons (Fsp3) is 0.400. The van der Waals surface area contributed by atoms with E-state index in [0.29, 0.717) is 6.54 Å². The molecule has 0 saturated carbocycles. The van der Waals surface area contributed by atoms with E-state index in [1.807, 2.05) is 19.1 Å². The molecule has 0 radical (unpaired) electrons. The average Bonchev–Trinajstić information content (AvgIpc) is 2.99. The molecule has 0 aliphatic carbocycles. The highest BCUT2D eigenvalue weighted by Crippen LogP contribution is 2.26. The van der Waals surface area contributed by atoms with Gasteiger partial charge in [-0.05, 0) is 31.9 Å².